The molecule has 0 saturated heterocycles. The molecule has 0 aromatic carbocycles. The first-order chi connectivity index (χ1) is 8.15. The molecule has 94 valence electrons. The summed E-state index contributed by atoms with van der Waals surface area (Å²) in [6, 6.07) is 0. The number of carbonyl (C=O) groups is 1. The van der Waals surface area contributed by atoms with Crippen molar-refractivity contribution in [2.24, 2.45) is 5.92 Å². The van der Waals surface area contributed by atoms with Gasteiger partial charge in [0.25, 0.3) is 0 Å². The molecule has 1 heterocycles. The summed E-state index contributed by atoms with van der Waals surface area (Å²) >= 11 is 1.63. The van der Waals surface area contributed by atoms with E-state index in [0.717, 1.165) is 36.4 Å². The lowest BCUT2D eigenvalue weighted by molar-refractivity contribution is -0.143. The van der Waals surface area contributed by atoms with Crippen molar-refractivity contribution in [3.63, 3.8) is 0 Å². The lowest BCUT2D eigenvalue weighted by Crippen LogP contribution is -2.25. The molecule has 1 aliphatic rings. The van der Waals surface area contributed by atoms with Gasteiger partial charge in [-0.2, -0.15) is 0 Å². The highest BCUT2D eigenvalue weighted by Crippen LogP contribution is 2.27. The van der Waals surface area contributed by atoms with Crippen molar-refractivity contribution in [1.82, 2.24) is 4.98 Å². The normalized spacial score (nSPS) is 24.8. The third-order valence-corrected chi connectivity index (χ3v) is 3.98. The first-order valence-electron chi connectivity index (χ1n) is 5.90. The maximum atomic E-state index is 10.8. The van der Waals surface area contributed by atoms with Gasteiger partial charge in [0.15, 0.2) is 0 Å². The van der Waals surface area contributed by atoms with Gasteiger partial charge in [-0.15, -0.1) is 11.3 Å². The molecule has 1 aromatic heterocycles. The predicted octanol–water partition coefficient (Wildman–Crippen LogP) is 2.61. The molecule has 1 N–H and O–H groups in total. The van der Waals surface area contributed by atoms with Crippen molar-refractivity contribution in [2.75, 3.05) is 0 Å². The molecule has 0 atom stereocenters. The Hall–Kier alpha value is -0.940. The summed E-state index contributed by atoms with van der Waals surface area (Å²) in [6.45, 7) is 2.53. The van der Waals surface area contributed by atoms with Gasteiger partial charge in [-0.05, 0) is 32.6 Å². The lowest BCUT2D eigenvalue weighted by atomic mass is 9.87. The molecule has 1 fully saturated rings. The number of thiazole rings is 1. The molecule has 0 spiro atoms. The fourth-order valence-electron chi connectivity index (χ4n) is 2.15. The molecule has 1 saturated carbocycles. The van der Waals surface area contributed by atoms with Gasteiger partial charge in [0.2, 0.25) is 0 Å². The maximum absolute atomic E-state index is 10.8. The Bertz CT molecular complexity index is 383. The number of nitrogens with zero attached hydrogens (tertiary/aromatic N) is 1. The summed E-state index contributed by atoms with van der Waals surface area (Å²) in [4.78, 5) is 15.1. The van der Waals surface area contributed by atoms with Gasteiger partial charge in [-0.25, -0.2) is 4.98 Å². The van der Waals surface area contributed by atoms with E-state index in [1.165, 1.54) is 0 Å². The highest BCUT2D eigenvalue weighted by Gasteiger charge is 2.26. The second kappa shape index (κ2) is 5.60. The molecule has 0 unspecified atom stereocenters. The van der Waals surface area contributed by atoms with Crippen molar-refractivity contribution >= 4 is 17.3 Å². The summed E-state index contributed by atoms with van der Waals surface area (Å²) in [7, 11) is 0. The largest absolute Gasteiger partial charge is 0.481 e. The van der Waals surface area contributed by atoms with Crippen molar-refractivity contribution in [2.45, 2.75) is 45.3 Å². The Morgan fingerprint density at radius 3 is 2.76 bits per heavy atom. The van der Waals surface area contributed by atoms with Crippen LogP contribution < -0.4 is 0 Å². The number of hydrogen-bond acceptors (Lipinski definition) is 4. The number of carboxylic acids is 1. The number of aromatic nitrogens is 1. The number of aliphatic carboxylic acids is 1. The van der Waals surface area contributed by atoms with Crippen LogP contribution in [0.25, 0.3) is 0 Å². The Kier molecular flexibility index (Phi) is 4.12. The van der Waals surface area contributed by atoms with Crippen LogP contribution in [-0.4, -0.2) is 22.2 Å². The van der Waals surface area contributed by atoms with Crippen LogP contribution in [0.5, 0.6) is 0 Å². The van der Waals surface area contributed by atoms with E-state index >= 15 is 0 Å². The molecule has 0 bridgehead atoms. The zero-order chi connectivity index (χ0) is 12.3. The summed E-state index contributed by atoms with van der Waals surface area (Å²) in [6.07, 6.45) is 3.36. The van der Waals surface area contributed by atoms with E-state index in [1.807, 2.05) is 12.3 Å². The van der Waals surface area contributed by atoms with Crippen LogP contribution in [0.3, 0.4) is 0 Å². The summed E-state index contributed by atoms with van der Waals surface area (Å²) in [5, 5.41) is 12.0. The maximum Gasteiger partial charge on any atom is 0.306 e. The number of carboxylic acid groups (broad SMARTS) is 1. The van der Waals surface area contributed by atoms with Gasteiger partial charge < -0.3 is 9.84 Å². The molecule has 4 nitrogen and oxygen atoms in total. The minimum Gasteiger partial charge on any atom is -0.481 e. The van der Waals surface area contributed by atoms with Crippen LogP contribution in [-0.2, 0) is 16.1 Å². The third-order valence-electron chi connectivity index (χ3n) is 3.16. The molecule has 17 heavy (non-hydrogen) atoms. The van der Waals surface area contributed by atoms with Crippen molar-refractivity contribution < 1.29 is 14.6 Å². The minimum absolute atomic E-state index is 0.170. The first-order valence-corrected chi connectivity index (χ1v) is 6.78. The summed E-state index contributed by atoms with van der Waals surface area (Å²) < 4.78 is 5.76. The Labute approximate surface area is 105 Å². The van der Waals surface area contributed by atoms with Crippen LogP contribution >= 0.6 is 11.3 Å². The Balaban J connectivity index is 1.73. The van der Waals surface area contributed by atoms with Crippen LogP contribution in [0.2, 0.25) is 0 Å². The number of hydrogen-bond donors (Lipinski definition) is 1. The summed E-state index contributed by atoms with van der Waals surface area (Å²) in [5.74, 6) is -0.838. The van der Waals surface area contributed by atoms with Crippen molar-refractivity contribution in [3.8, 4) is 0 Å². The van der Waals surface area contributed by atoms with E-state index in [0.29, 0.717) is 6.61 Å². The topological polar surface area (TPSA) is 59.4 Å². The lowest BCUT2D eigenvalue weighted by Gasteiger charge is -2.25. The fraction of sp³-hybridized carbons (Fsp3) is 0.667. The van der Waals surface area contributed by atoms with Gasteiger partial charge >= 0.3 is 5.97 Å². The van der Waals surface area contributed by atoms with Crippen LogP contribution in [0.4, 0.5) is 0 Å². The predicted molar refractivity (Wildman–Crippen MR) is 65.0 cm³/mol. The van der Waals surface area contributed by atoms with Crippen molar-refractivity contribution in [1.29, 1.82) is 0 Å². The van der Waals surface area contributed by atoms with E-state index in [2.05, 4.69) is 4.98 Å². The molecule has 0 amide bonds. The van der Waals surface area contributed by atoms with E-state index in [9.17, 15) is 4.79 Å². The minimum atomic E-state index is -0.668. The number of ether oxygens (including phenoxy) is 1. The van der Waals surface area contributed by atoms with E-state index in [-0.39, 0.29) is 12.0 Å². The Morgan fingerprint density at radius 1 is 1.53 bits per heavy atom. The van der Waals surface area contributed by atoms with Crippen LogP contribution in [0, 0.1) is 12.8 Å². The van der Waals surface area contributed by atoms with Gasteiger partial charge in [-0.3, -0.25) is 4.79 Å². The van der Waals surface area contributed by atoms with E-state index in [1.54, 1.807) is 11.3 Å². The third kappa shape index (κ3) is 3.51. The second-order valence-corrected chi connectivity index (χ2v) is 5.54. The average Bonchev–Trinajstić information content (AvgIpc) is 2.73. The van der Waals surface area contributed by atoms with E-state index < -0.39 is 5.97 Å². The molecular formula is C12H17NO3S. The smallest absolute Gasteiger partial charge is 0.306 e. The van der Waals surface area contributed by atoms with Crippen LogP contribution in [0.15, 0.2) is 5.38 Å². The summed E-state index contributed by atoms with van der Waals surface area (Å²) in [5.41, 5.74) is 0.979. The molecule has 0 aliphatic heterocycles. The molecular weight excluding hydrogens is 238 g/mol. The molecule has 1 aromatic rings. The SMILES string of the molecule is Cc1nc(COC2CCC(C(=O)O)CC2)cs1. The molecule has 5 heteroatoms. The zero-order valence-electron chi connectivity index (χ0n) is 9.89. The zero-order valence-corrected chi connectivity index (χ0v) is 10.7. The molecule has 0 radical (unpaired) electrons. The average molecular weight is 255 g/mol. The standard InChI is InChI=1S/C12H17NO3S/c1-8-13-10(7-17-8)6-16-11-4-2-9(3-5-11)12(14)15/h7,9,11H,2-6H2,1H3,(H,14,15). The van der Waals surface area contributed by atoms with E-state index in [4.69, 9.17) is 9.84 Å². The first kappa shape index (κ1) is 12.5. The number of aryl methyl sites for hydroxylation is 1. The van der Waals surface area contributed by atoms with Crippen molar-refractivity contribution in [3.05, 3.63) is 16.1 Å². The fourth-order valence-corrected chi connectivity index (χ4v) is 2.75. The molecule has 1 aliphatic carbocycles. The second-order valence-electron chi connectivity index (χ2n) is 4.48. The Morgan fingerprint density at radius 2 is 2.24 bits per heavy atom. The van der Waals surface area contributed by atoms with Gasteiger partial charge in [0.1, 0.15) is 0 Å². The van der Waals surface area contributed by atoms with Gasteiger partial charge in [0, 0.05) is 5.38 Å². The number of rotatable bonds is 4. The molecule has 2 rings (SSSR count). The highest BCUT2D eigenvalue weighted by molar-refractivity contribution is 7.09. The quantitative estimate of drug-likeness (QED) is 0.898. The monoisotopic (exact) mass is 255 g/mol. The van der Waals surface area contributed by atoms with Gasteiger partial charge in [0.05, 0.1) is 29.3 Å². The van der Waals surface area contributed by atoms with Gasteiger partial charge in [-0.1, -0.05) is 0 Å². The highest BCUT2D eigenvalue weighted by atomic mass is 32.1. The van der Waals surface area contributed by atoms with Crippen LogP contribution in [0.1, 0.15) is 36.4 Å².